The molecule has 1 aliphatic rings. The summed E-state index contributed by atoms with van der Waals surface area (Å²) in [5.74, 6) is 1.26. The predicted octanol–water partition coefficient (Wildman–Crippen LogP) is 14.0. The van der Waals surface area contributed by atoms with Crippen LogP contribution in [0.3, 0.4) is 0 Å². The zero-order valence-electron chi connectivity index (χ0n) is 24.3. The highest BCUT2D eigenvalue weighted by Gasteiger charge is 2.31. The molecule has 40 heavy (non-hydrogen) atoms. The topological polar surface area (TPSA) is 0 Å². The van der Waals surface area contributed by atoms with E-state index in [2.05, 4.69) is 109 Å². The maximum absolute atomic E-state index is 2.46. The van der Waals surface area contributed by atoms with Crippen molar-refractivity contribution in [3.8, 4) is 0 Å². The van der Waals surface area contributed by atoms with Gasteiger partial charge in [-0.3, -0.25) is 0 Å². The second-order valence-electron chi connectivity index (χ2n) is 11.7. The van der Waals surface area contributed by atoms with E-state index in [1.54, 1.807) is 50.3 Å². The molecule has 208 valence electrons. The fraction of sp³-hybridized carbons (Fsp3) is 0.444. The minimum atomic E-state index is 0.630. The average molecular weight is 601 g/mol. The Morgan fingerprint density at radius 3 is 1.93 bits per heavy atom. The summed E-state index contributed by atoms with van der Waals surface area (Å²) < 4.78 is 10.9. The monoisotopic (exact) mass is 600 g/mol. The lowest BCUT2D eigenvalue weighted by Gasteiger charge is -2.27. The van der Waals surface area contributed by atoms with Crippen molar-refractivity contribution in [3.05, 3.63) is 51.9 Å². The fourth-order valence-electron chi connectivity index (χ4n) is 7.24. The van der Waals surface area contributed by atoms with Crippen LogP contribution in [-0.4, -0.2) is 0 Å². The van der Waals surface area contributed by atoms with E-state index in [1.807, 2.05) is 0 Å². The number of allylic oxidation sites excluding steroid dienone is 1. The number of fused-ring (bicyclic) bond motifs is 11. The van der Waals surface area contributed by atoms with Crippen molar-refractivity contribution in [2.45, 2.75) is 104 Å². The van der Waals surface area contributed by atoms with Crippen LogP contribution in [0.4, 0.5) is 0 Å². The number of benzene rings is 2. The maximum Gasteiger partial charge on any atom is 0.0546 e. The molecule has 0 amide bonds. The molecule has 0 spiro atoms. The van der Waals surface area contributed by atoms with Crippen LogP contribution in [-0.2, 0) is 6.42 Å². The molecule has 7 rings (SSSR count). The van der Waals surface area contributed by atoms with Crippen molar-refractivity contribution in [2.24, 2.45) is 0 Å². The lowest BCUT2D eigenvalue weighted by molar-refractivity contribution is 0.539. The van der Waals surface area contributed by atoms with Crippen molar-refractivity contribution in [1.82, 2.24) is 0 Å². The molecule has 1 aliphatic carbocycles. The SMILES string of the molecule is CCCCC(CC)c1c(C(CC)CCCC)c2c3sc4ccccc4c3sc2c2sc3c4c(sc3c12)CCC=C4. The smallest absolute Gasteiger partial charge is 0.0546 e. The summed E-state index contributed by atoms with van der Waals surface area (Å²) in [6, 6.07) is 9.14. The maximum atomic E-state index is 2.46. The van der Waals surface area contributed by atoms with Gasteiger partial charge in [0.15, 0.2) is 0 Å². The zero-order chi connectivity index (χ0) is 27.4. The first-order valence-corrected chi connectivity index (χ1v) is 18.9. The Kier molecular flexibility index (Phi) is 7.58. The highest BCUT2D eigenvalue weighted by atomic mass is 32.1. The molecule has 4 aromatic heterocycles. The molecule has 0 radical (unpaired) electrons. The Labute approximate surface area is 254 Å². The van der Waals surface area contributed by atoms with Crippen LogP contribution in [0.1, 0.15) is 119 Å². The van der Waals surface area contributed by atoms with E-state index in [1.165, 1.54) is 84.6 Å². The first kappa shape index (κ1) is 27.1. The first-order chi connectivity index (χ1) is 19.7. The van der Waals surface area contributed by atoms with Gasteiger partial charge in [0.1, 0.15) is 0 Å². The third kappa shape index (κ3) is 4.15. The molecule has 0 nitrogen and oxygen atoms in total. The van der Waals surface area contributed by atoms with E-state index < -0.39 is 0 Å². The average Bonchev–Trinajstić information content (AvgIpc) is 3.72. The Balaban J connectivity index is 1.69. The number of aryl methyl sites for hydroxylation is 1. The molecule has 4 heteroatoms. The van der Waals surface area contributed by atoms with Crippen LogP contribution in [0, 0.1) is 0 Å². The molecule has 0 saturated heterocycles. The molecule has 2 unspecified atom stereocenters. The van der Waals surface area contributed by atoms with E-state index in [0.717, 1.165) is 0 Å². The Morgan fingerprint density at radius 1 is 0.675 bits per heavy atom. The largest absolute Gasteiger partial charge is 0.138 e. The number of hydrogen-bond acceptors (Lipinski definition) is 4. The Morgan fingerprint density at radius 2 is 1.27 bits per heavy atom. The Hall–Kier alpha value is -1.72. The lowest BCUT2D eigenvalue weighted by Crippen LogP contribution is -2.08. The molecule has 6 aromatic rings. The summed E-state index contributed by atoms with van der Waals surface area (Å²) >= 11 is 8.42. The number of hydrogen-bond donors (Lipinski definition) is 0. The lowest BCUT2D eigenvalue weighted by atomic mass is 9.78. The molecular formula is C36H40S4. The number of thiophene rings is 4. The van der Waals surface area contributed by atoms with Crippen LogP contribution in [0.2, 0.25) is 0 Å². The van der Waals surface area contributed by atoms with Gasteiger partial charge in [-0.25, -0.2) is 0 Å². The van der Waals surface area contributed by atoms with Crippen molar-refractivity contribution < 1.29 is 0 Å². The van der Waals surface area contributed by atoms with Gasteiger partial charge in [-0.2, -0.15) is 0 Å². The van der Waals surface area contributed by atoms with Gasteiger partial charge in [-0.05, 0) is 67.6 Å². The summed E-state index contributed by atoms with van der Waals surface area (Å²) in [5.41, 5.74) is 5.05. The zero-order valence-corrected chi connectivity index (χ0v) is 27.6. The third-order valence-electron chi connectivity index (χ3n) is 9.31. The summed E-state index contributed by atoms with van der Waals surface area (Å²) in [6.45, 7) is 9.65. The van der Waals surface area contributed by atoms with Crippen LogP contribution < -0.4 is 0 Å². The molecule has 0 bridgehead atoms. The van der Waals surface area contributed by atoms with Gasteiger partial charge < -0.3 is 0 Å². The minimum absolute atomic E-state index is 0.630. The van der Waals surface area contributed by atoms with Crippen LogP contribution in [0.15, 0.2) is 30.3 Å². The molecular weight excluding hydrogens is 561 g/mol. The van der Waals surface area contributed by atoms with E-state index in [-0.39, 0.29) is 0 Å². The summed E-state index contributed by atoms with van der Waals surface area (Å²) in [5, 5.41) is 4.76. The fourth-order valence-corrected chi connectivity index (χ4v) is 13.1. The van der Waals surface area contributed by atoms with Crippen LogP contribution in [0.25, 0.3) is 55.1 Å². The first-order valence-electron chi connectivity index (χ1n) is 15.6. The normalized spacial score (nSPS) is 15.3. The number of rotatable bonds is 10. The second kappa shape index (κ2) is 11.2. The molecule has 4 heterocycles. The van der Waals surface area contributed by atoms with Gasteiger partial charge in [0.05, 0.1) is 28.2 Å². The van der Waals surface area contributed by atoms with Gasteiger partial charge >= 0.3 is 0 Å². The number of unbranched alkanes of at least 4 members (excludes halogenated alkanes) is 2. The predicted molar refractivity (Wildman–Crippen MR) is 188 cm³/mol. The van der Waals surface area contributed by atoms with Gasteiger partial charge in [0.25, 0.3) is 0 Å². The molecule has 0 aliphatic heterocycles. The highest BCUT2D eigenvalue weighted by Crippen LogP contribution is 2.57. The Bertz CT molecular complexity index is 1870. The van der Waals surface area contributed by atoms with E-state index in [4.69, 9.17) is 0 Å². The molecule has 2 atom stereocenters. The molecule has 0 saturated carbocycles. The van der Waals surface area contributed by atoms with E-state index >= 15 is 0 Å². The minimum Gasteiger partial charge on any atom is -0.138 e. The van der Waals surface area contributed by atoms with Crippen LogP contribution in [0.5, 0.6) is 0 Å². The molecule has 0 N–H and O–H groups in total. The summed E-state index contributed by atoms with van der Waals surface area (Å²) in [6.07, 6.45) is 17.5. The van der Waals surface area contributed by atoms with Gasteiger partial charge in [-0.15, -0.1) is 45.3 Å². The van der Waals surface area contributed by atoms with Crippen molar-refractivity contribution >= 4 is 100 Å². The van der Waals surface area contributed by atoms with E-state index in [0.29, 0.717) is 11.8 Å². The van der Waals surface area contributed by atoms with E-state index in [9.17, 15) is 0 Å². The van der Waals surface area contributed by atoms with Gasteiger partial charge in [0, 0.05) is 31.3 Å². The van der Waals surface area contributed by atoms with Crippen molar-refractivity contribution in [2.75, 3.05) is 0 Å². The van der Waals surface area contributed by atoms with Gasteiger partial charge in [-0.1, -0.05) is 83.7 Å². The van der Waals surface area contributed by atoms with Crippen LogP contribution >= 0.6 is 45.3 Å². The highest BCUT2D eigenvalue weighted by molar-refractivity contribution is 7.40. The molecule has 2 aromatic carbocycles. The summed E-state index contributed by atoms with van der Waals surface area (Å²) in [4.78, 5) is 1.62. The standard InChI is InChI=1S/C36H40S4/c1-5-9-15-21(7-3)27-28(22(8-4)16-10-6-2)30-34-32(24-18-12-14-20-26(24)38-34)40-36(30)35-29(27)33-31(39-35)23-17-11-13-19-25(23)37-33/h11-13,17-19,21-22H,5-10,14-16,20H2,1-4H3. The van der Waals surface area contributed by atoms with Crippen molar-refractivity contribution in [1.29, 1.82) is 0 Å². The molecule has 0 fully saturated rings. The summed E-state index contributed by atoms with van der Waals surface area (Å²) in [7, 11) is 0. The van der Waals surface area contributed by atoms with Crippen molar-refractivity contribution in [3.63, 3.8) is 0 Å². The second-order valence-corrected chi connectivity index (χ2v) is 15.9. The quantitative estimate of drug-likeness (QED) is 0.147. The third-order valence-corrected chi connectivity index (χ3v) is 14.7. The van der Waals surface area contributed by atoms with Gasteiger partial charge in [0.2, 0.25) is 0 Å².